The lowest BCUT2D eigenvalue weighted by molar-refractivity contribution is -0.131. The van der Waals surface area contributed by atoms with E-state index in [1.54, 1.807) is 6.92 Å². The fraction of sp³-hybridized carbons (Fsp3) is 0.857. The number of aliphatic hydroxyl groups excluding tert-OH is 3. The predicted molar refractivity (Wildman–Crippen MR) is 75.0 cm³/mol. The molecule has 0 aliphatic rings. The molecule has 1 amide bonds. The van der Waals surface area contributed by atoms with Crippen LogP contribution < -0.4 is 5.32 Å². The van der Waals surface area contributed by atoms with Gasteiger partial charge in [-0.05, 0) is 12.8 Å². The molecule has 0 aliphatic carbocycles. The van der Waals surface area contributed by atoms with E-state index in [0.717, 1.165) is 0 Å². The van der Waals surface area contributed by atoms with E-state index in [2.05, 4.69) is 5.32 Å². The average molecular weight is 289 g/mol. The molecule has 3 atom stereocenters. The molecule has 20 heavy (non-hydrogen) atoms. The molecule has 0 rings (SSSR count). The lowest BCUT2D eigenvalue weighted by Crippen LogP contribution is -2.38. The monoisotopic (exact) mass is 289 g/mol. The first-order chi connectivity index (χ1) is 9.42. The van der Waals surface area contributed by atoms with Crippen molar-refractivity contribution in [2.24, 2.45) is 5.92 Å². The van der Waals surface area contributed by atoms with Gasteiger partial charge in [0.2, 0.25) is 5.91 Å². The van der Waals surface area contributed by atoms with Crippen molar-refractivity contribution in [1.82, 2.24) is 5.32 Å². The van der Waals surface area contributed by atoms with Crippen LogP contribution in [0.15, 0.2) is 0 Å². The van der Waals surface area contributed by atoms with Crippen molar-refractivity contribution >= 4 is 11.7 Å². The normalized spacial score (nSPS) is 15.4. The maximum atomic E-state index is 11.5. The molecule has 0 radical (unpaired) electrons. The van der Waals surface area contributed by atoms with Crippen LogP contribution in [0.3, 0.4) is 0 Å². The van der Waals surface area contributed by atoms with Gasteiger partial charge in [-0.25, -0.2) is 0 Å². The summed E-state index contributed by atoms with van der Waals surface area (Å²) in [6, 6.07) is 0. The lowest BCUT2D eigenvalue weighted by atomic mass is 10.00. The molecule has 0 aliphatic heterocycles. The first-order valence-corrected chi connectivity index (χ1v) is 7.18. The van der Waals surface area contributed by atoms with Gasteiger partial charge in [0.25, 0.3) is 0 Å². The zero-order valence-corrected chi connectivity index (χ0v) is 12.3. The van der Waals surface area contributed by atoms with Gasteiger partial charge < -0.3 is 20.6 Å². The molecule has 0 aromatic rings. The highest BCUT2D eigenvalue weighted by Gasteiger charge is 2.22. The van der Waals surface area contributed by atoms with Crippen LogP contribution in [-0.2, 0) is 9.59 Å². The van der Waals surface area contributed by atoms with Crippen LogP contribution in [0.5, 0.6) is 0 Å². The Balaban J connectivity index is 3.78. The molecule has 0 saturated carbocycles. The quantitative estimate of drug-likeness (QED) is 0.400. The molecule has 6 nitrogen and oxygen atoms in total. The number of aliphatic hydroxyl groups is 3. The molecule has 4 N–H and O–H groups in total. The van der Waals surface area contributed by atoms with Gasteiger partial charge in [0, 0.05) is 38.3 Å². The smallest absolute Gasteiger partial charge is 0.248 e. The zero-order valence-electron chi connectivity index (χ0n) is 12.3. The zero-order chi connectivity index (χ0) is 15.5. The van der Waals surface area contributed by atoms with Gasteiger partial charge >= 0.3 is 0 Å². The third-order valence-electron chi connectivity index (χ3n) is 3.29. The SMILES string of the molecule is CCC(=O)CCCCNC(=O)C(O)CC(O)C(C)CO. The number of ketones is 1. The fourth-order valence-corrected chi connectivity index (χ4v) is 1.64. The summed E-state index contributed by atoms with van der Waals surface area (Å²) in [7, 11) is 0. The molecule has 0 aromatic carbocycles. The Kier molecular flexibility index (Phi) is 10.2. The van der Waals surface area contributed by atoms with Gasteiger partial charge in [-0.2, -0.15) is 0 Å². The van der Waals surface area contributed by atoms with E-state index >= 15 is 0 Å². The summed E-state index contributed by atoms with van der Waals surface area (Å²) in [6.45, 7) is 3.67. The molecule has 0 aromatic heterocycles. The number of Topliss-reactive ketones (excluding diaryl/α,β-unsaturated/α-hetero) is 1. The molecule has 118 valence electrons. The second kappa shape index (κ2) is 10.8. The first-order valence-electron chi connectivity index (χ1n) is 7.18. The summed E-state index contributed by atoms with van der Waals surface area (Å²) in [5.41, 5.74) is 0. The Labute approximate surface area is 120 Å². The van der Waals surface area contributed by atoms with Crippen molar-refractivity contribution in [2.75, 3.05) is 13.2 Å². The summed E-state index contributed by atoms with van der Waals surface area (Å²) in [6.07, 6.45) is 0.155. The number of amides is 1. The number of nitrogens with one attached hydrogen (secondary N) is 1. The van der Waals surface area contributed by atoms with Gasteiger partial charge in [-0.15, -0.1) is 0 Å². The largest absolute Gasteiger partial charge is 0.396 e. The summed E-state index contributed by atoms with van der Waals surface area (Å²) in [5.74, 6) is -0.703. The van der Waals surface area contributed by atoms with Gasteiger partial charge in [0.05, 0.1) is 6.10 Å². The van der Waals surface area contributed by atoms with Crippen molar-refractivity contribution in [3.05, 3.63) is 0 Å². The van der Waals surface area contributed by atoms with Crippen LogP contribution >= 0.6 is 0 Å². The molecule has 0 spiro atoms. The molecule has 0 heterocycles. The third kappa shape index (κ3) is 8.24. The van der Waals surface area contributed by atoms with Crippen LogP contribution in [-0.4, -0.2) is 52.4 Å². The third-order valence-corrected chi connectivity index (χ3v) is 3.29. The minimum absolute atomic E-state index is 0.0954. The highest BCUT2D eigenvalue weighted by molar-refractivity contribution is 5.80. The van der Waals surface area contributed by atoms with Crippen molar-refractivity contribution in [3.63, 3.8) is 0 Å². The number of unbranched alkanes of at least 4 members (excludes halogenated alkanes) is 1. The van der Waals surface area contributed by atoms with Gasteiger partial charge in [0.1, 0.15) is 11.9 Å². The highest BCUT2D eigenvalue weighted by Crippen LogP contribution is 2.09. The van der Waals surface area contributed by atoms with Crippen LogP contribution in [0.25, 0.3) is 0 Å². The van der Waals surface area contributed by atoms with Crippen molar-refractivity contribution in [3.8, 4) is 0 Å². The second-order valence-electron chi connectivity index (χ2n) is 5.12. The first kappa shape index (κ1) is 19.0. The summed E-state index contributed by atoms with van der Waals surface area (Å²) < 4.78 is 0. The fourth-order valence-electron chi connectivity index (χ4n) is 1.64. The Bertz CT molecular complexity index is 295. The van der Waals surface area contributed by atoms with Crippen molar-refractivity contribution in [2.45, 2.75) is 58.2 Å². The van der Waals surface area contributed by atoms with E-state index < -0.39 is 18.1 Å². The van der Waals surface area contributed by atoms with Crippen LogP contribution in [0.4, 0.5) is 0 Å². The molecule has 0 saturated heterocycles. The lowest BCUT2D eigenvalue weighted by Gasteiger charge is -2.19. The Hall–Kier alpha value is -0.980. The van der Waals surface area contributed by atoms with Gasteiger partial charge in [-0.1, -0.05) is 13.8 Å². The number of hydrogen-bond donors (Lipinski definition) is 4. The number of carbonyl (C=O) groups excluding carboxylic acids is 2. The number of carbonyl (C=O) groups is 2. The second-order valence-corrected chi connectivity index (χ2v) is 5.12. The van der Waals surface area contributed by atoms with Crippen LogP contribution in [0.2, 0.25) is 0 Å². The van der Waals surface area contributed by atoms with Crippen molar-refractivity contribution in [1.29, 1.82) is 0 Å². The Morgan fingerprint density at radius 3 is 2.40 bits per heavy atom. The van der Waals surface area contributed by atoms with E-state index in [1.165, 1.54) is 0 Å². The molecule has 0 fully saturated rings. The van der Waals surface area contributed by atoms with Gasteiger partial charge in [-0.3, -0.25) is 9.59 Å². The van der Waals surface area contributed by atoms with Crippen LogP contribution in [0.1, 0.15) is 46.0 Å². The molecular formula is C14H27NO5. The molecular weight excluding hydrogens is 262 g/mol. The Morgan fingerprint density at radius 1 is 1.20 bits per heavy atom. The average Bonchev–Trinajstić information content (AvgIpc) is 2.44. The molecule has 6 heteroatoms. The summed E-state index contributed by atoms with van der Waals surface area (Å²) >= 11 is 0. The predicted octanol–water partition coefficient (Wildman–Crippen LogP) is -0.00770. The summed E-state index contributed by atoms with van der Waals surface area (Å²) in [4.78, 5) is 22.6. The highest BCUT2D eigenvalue weighted by atomic mass is 16.3. The van der Waals surface area contributed by atoms with E-state index in [1.807, 2.05) is 6.92 Å². The van der Waals surface area contributed by atoms with E-state index in [4.69, 9.17) is 5.11 Å². The summed E-state index contributed by atoms with van der Waals surface area (Å²) in [5, 5.41) is 30.6. The van der Waals surface area contributed by atoms with E-state index in [-0.39, 0.29) is 24.7 Å². The topological polar surface area (TPSA) is 107 Å². The van der Waals surface area contributed by atoms with Gasteiger partial charge in [0.15, 0.2) is 0 Å². The minimum Gasteiger partial charge on any atom is -0.396 e. The molecule has 0 bridgehead atoms. The number of rotatable bonds is 11. The van der Waals surface area contributed by atoms with Crippen LogP contribution in [0, 0.1) is 5.92 Å². The van der Waals surface area contributed by atoms with E-state index in [0.29, 0.717) is 32.2 Å². The minimum atomic E-state index is -1.28. The van der Waals surface area contributed by atoms with Crippen molar-refractivity contribution < 1.29 is 24.9 Å². The Morgan fingerprint density at radius 2 is 1.85 bits per heavy atom. The number of hydrogen-bond acceptors (Lipinski definition) is 5. The standard InChI is InChI=1S/C14H27NO5/c1-3-11(17)6-4-5-7-15-14(20)13(19)8-12(18)10(2)9-16/h10,12-13,16,18-19H,3-9H2,1-2H3,(H,15,20). The maximum absolute atomic E-state index is 11.5. The van der Waals surface area contributed by atoms with E-state index in [9.17, 15) is 19.8 Å². The maximum Gasteiger partial charge on any atom is 0.248 e. The molecule has 3 unspecified atom stereocenters.